The number of piperidine rings is 2. The van der Waals surface area contributed by atoms with E-state index in [4.69, 9.17) is 26.1 Å². The summed E-state index contributed by atoms with van der Waals surface area (Å²) in [6.07, 6.45) is 0.723. The Kier molecular flexibility index (Phi) is 8.27. The van der Waals surface area contributed by atoms with Gasteiger partial charge in [-0.15, -0.1) is 0 Å². The fourth-order valence-electron chi connectivity index (χ4n) is 6.50. The molecule has 1 aromatic heterocycles. The van der Waals surface area contributed by atoms with E-state index in [1.54, 1.807) is 18.2 Å². The first-order chi connectivity index (χ1) is 19.2. The molecule has 0 atom stereocenters. The number of methoxy groups -OCH3 is 2. The molecule has 0 aliphatic carbocycles. The number of pyridine rings is 1. The molecule has 3 heterocycles. The van der Waals surface area contributed by atoms with Gasteiger partial charge in [0.1, 0.15) is 12.3 Å². The molecule has 0 bridgehead atoms. The minimum Gasteiger partial charge on any atom is -0.495 e. The highest BCUT2D eigenvalue weighted by Crippen LogP contribution is 2.41. The number of alkyl halides is 3. The molecule has 10 heteroatoms. The van der Waals surface area contributed by atoms with Crippen molar-refractivity contribution in [3.63, 3.8) is 0 Å². The lowest BCUT2D eigenvalue weighted by Crippen LogP contribution is -2.60. The molecule has 40 heavy (non-hydrogen) atoms. The number of nitrogens with one attached hydrogen (secondary N) is 1. The molecule has 2 aliphatic rings. The van der Waals surface area contributed by atoms with Crippen molar-refractivity contribution >= 4 is 28.5 Å². The molecule has 0 radical (unpaired) electrons. The fourth-order valence-corrected chi connectivity index (χ4v) is 6.73. The SMILES string of the molecule is COC(=O)c1c(C[N+]2(C3CCNCC3)CCCCC2)c(-c2cccc(C(F)(F)F)c2)nc2cc(Cl)c(OC)cc12. The van der Waals surface area contributed by atoms with Gasteiger partial charge in [-0.2, -0.15) is 13.2 Å². The topological polar surface area (TPSA) is 60.5 Å². The smallest absolute Gasteiger partial charge is 0.416 e. The predicted molar refractivity (Wildman–Crippen MR) is 149 cm³/mol. The number of rotatable bonds is 6. The second-order valence-corrected chi connectivity index (χ2v) is 11.2. The van der Waals surface area contributed by atoms with Crippen LogP contribution in [0.25, 0.3) is 22.2 Å². The molecule has 2 aliphatic heterocycles. The monoisotopic (exact) mass is 576 g/mol. The zero-order valence-corrected chi connectivity index (χ0v) is 23.5. The van der Waals surface area contributed by atoms with E-state index in [0.717, 1.165) is 74.9 Å². The molecule has 5 rings (SSSR count). The lowest BCUT2D eigenvalue weighted by Gasteiger charge is -2.49. The number of fused-ring (bicyclic) bond motifs is 1. The number of benzene rings is 2. The summed E-state index contributed by atoms with van der Waals surface area (Å²) in [5.74, 6) is -0.195. The Morgan fingerprint density at radius 2 is 1.82 bits per heavy atom. The van der Waals surface area contributed by atoms with Gasteiger partial charge in [0.15, 0.2) is 0 Å². The lowest BCUT2D eigenvalue weighted by molar-refractivity contribution is -0.968. The summed E-state index contributed by atoms with van der Waals surface area (Å²) >= 11 is 6.43. The normalized spacial score (nSPS) is 18.1. The van der Waals surface area contributed by atoms with E-state index in [-0.39, 0.29) is 5.02 Å². The first-order valence-corrected chi connectivity index (χ1v) is 14.1. The van der Waals surface area contributed by atoms with E-state index >= 15 is 0 Å². The Bertz CT molecular complexity index is 1400. The van der Waals surface area contributed by atoms with Crippen molar-refractivity contribution in [2.45, 2.75) is 50.9 Å². The minimum atomic E-state index is -4.52. The van der Waals surface area contributed by atoms with Crippen LogP contribution in [0.3, 0.4) is 0 Å². The van der Waals surface area contributed by atoms with Crippen LogP contribution in [0.1, 0.15) is 53.6 Å². The van der Waals surface area contributed by atoms with Gasteiger partial charge >= 0.3 is 12.1 Å². The zero-order valence-electron chi connectivity index (χ0n) is 22.7. The third-order valence-corrected chi connectivity index (χ3v) is 8.77. The van der Waals surface area contributed by atoms with Crippen molar-refractivity contribution in [1.82, 2.24) is 10.3 Å². The average Bonchev–Trinajstić information content (AvgIpc) is 2.96. The van der Waals surface area contributed by atoms with Crippen LogP contribution in [0, 0.1) is 0 Å². The predicted octanol–water partition coefficient (Wildman–Crippen LogP) is 6.62. The standard InChI is InChI=1S/C30H34ClF3N3O3/c1-39-26-16-22-25(17-24(26)31)36-28(19-7-6-8-20(15-19)30(32,33)34)23(27(22)29(38)40-2)18-37(13-4-3-5-14-37)21-9-11-35-12-10-21/h6-8,15-17,21,35H,3-5,9-14,18H2,1-2H3/q+1. The van der Waals surface area contributed by atoms with Crippen molar-refractivity contribution in [3.05, 3.63) is 58.1 Å². The molecule has 2 fully saturated rings. The Labute approximate surface area is 237 Å². The zero-order chi connectivity index (χ0) is 28.5. The number of esters is 1. The highest BCUT2D eigenvalue weighted by Gasteiger charge is 2.41. The van der Waals surface area contributed by atoms with E-state index in [2.05, 4.69) is 5.32 Å². The van der Waals surface area contributed by atoms with Crippen LogP contribution < -0.4 is 10.1 Å². The van der Waals surface area contributed by atoms with E-state index in [1.807, 2.05) is 0 Å². The van der Waals surface area contributed by atoms with Gasteiger partial charge in [-0.1, -0.05) is 23.7 Å². The van der Waals surface area contributed by atoms with Gasteiger partial charge in [0.05, 0.1) is 60.7 Å². The van der Waals surface area contributed by atoms with Crippen molar-refractivity contribution < 1.29 is 31.9 Å². The van der Waals surface area contributed by atoms with Crippen molar-refractivity contribution in [2.24, 2.45) is 0 Å². The van der Waals surface area contributed by atoms with Gasteiger partial charge in [-0.25, -0.2) is 9.78 Å². The molecule has 1 N–H and O–H groups in total. The Hall–Kier alpha value is -2.88. The average molecular weight is 577 g/mol. The number of carbonyl (C=O) groups excluding carboxylic acids is 1. The van der Waals surface area contributed by atoms with Crippen LogP contribution in [0.2, 0.25) is 5.02 Å². The van der Waals surface area contributed by atoms with Gasteiger partial charge in [-0.05, 0) is 43.5 Å². The van der Waals surface area contributed by atoms with E-state index < -0.39 is 17.7 Å². The maximum absolute atomic E-state index is 13.8. The first-order valence-electron chi connectivity index (χ1n) is 13.7. The molecular formula is C30H34ClF3N3O3+. The summed E-state index contributed by atoms with van der Waals surface area (Å²) in [5, 5.41) is 4.23. The second kappa shape index (κ2) is 11.5. The Balaban J connectivity index is 1.81. The van der Waals surface area contributed by atoms with Crippen LogP contribution in [-0.2, 0) is 17.5 Å². The molecule has 214 valence electrons. The lowest BCUT2D eigenvalue weighted by atomic mass is 9.90. The summed E-state index contributed by atoms with van der Waals surface area (Å²) < 4.78 is 52.8. The highest BCUT2D eigenvalue weighted by atomic mass is 35.5. The maximum atomic E-state index is 13.8. The van der Waals surface area contributed by atoms with Crippen LogP contribution in [0.15, 0.2) is 36.4 Å². The molecule has 0 amide bonds. The summed E-state index contributed by atoms with van der Waals surface area (Å²) in [6.45, 7) is 4.18. The molecule has 3 aromatic rings. The van der Waals surface area contributed by atoms with Crippen molar-refractivity contribution in [2.75, 3.05) is 40.4 Å². The van der Waals surface area contributed by atoms with Gasteiger partial charge in [0.2, 0.25) is 0 Å². The Morgan fingerprint density at radius 1 is 1.10 bits per heavy atom. The quantitative estimate of drug-likeness (QED) is 0.264. The van der Waals surface area contributed by atoms with Crippen LogP contribution in [0.5, 0.6) is 5.75 Å². The molecule has 0 unspecified atom stereocenters. The molecule has 0 spiro atoms. The van der Waals surface area contributed by atoms with E-state index in [9.17, 15) is 18.0 Å². The summed E-state index contributed by atoms with van der Waals surface area (Å²) in [5.41, 5.74) is 1.15. The van der Waals surface area contributed by atoms with Gasteiger partial charge in [0.25, 0.3) is 0 Å². The van der Waals surface area contributed by atoms with Crippen molar-refractivity contribution in [1.29, 1.82) is 0 Å². The minimum absolute atomic E-state index is 0.287. The molecule has 6 nitrogen and oxygen atoms in total. The molecule has 2 aromatic carbocycles. The third kappa shape index (κ3) is 5.51. The number of halogens is 4. The number of aromatic nitrogens is 1. The summed E-state index contributed by atoms with van der Waals surface area (Å²) in [6, 6.07) is 8.77. The van der Waals surface area contributed by atoms with Crippen LogP contribution in [0.4, 0.5) is 13.2 Å². The number of carbonyl (C=O) groups is 1. The molecule has 0 saturated carbocycles. The number of hydrogen-bond acceptors (Lipinski definition) is 5. The first kappa shape index (κ1) is 28.6. The van der Waals surface area contributed by atoms with E-state index in [0.29, 0.717) is 51.6 Å². The van der Waals surface area contributed by atoms with Gasteiger partial charge in [-0.3, -0.25) is 0 Å². The third-order valence-electron chi connectivity index (χ3n) is 8.48. The van der Waals surface area contributed by atoms with Gasteiger partial charge < -0.3 is 19.3 Å². The fraction of sp³-hybridized carbons (Fsp3) is 0.467. The number of ether oxygens (including phenoxy) is 2. The Morgan fingerprint density at radius 3 is 2.48 bits per heavy atom. The van der Waals surface area contributed by atoms with Crippen LogP contribution in [-0.4, -0.2) is 61.9 Å². The number of nitrogens with zero attached hydrogens (tertiary/aromatic N) is 2. The molecule has 2 saturated heterocycles. The largest absolute Gasteiger partial charge is 0.495 e. The summed E-state index contributed by atoms with van der Waals surface area (Å²) in [7, 11) is 2.80. The second-order valence-electron chi connectivity index (χ2n) is 10.8. The number of hydrogen-bond donors (Lipinski definition) is 1. The molecular weight excluding hydrogens is 543 g/mol. The maximum Gasteiger partial charge on any atom is 0.416 e. The summed E-state index contributed by atoms with van der Waals surface area (Å²) in [4.78, 5) is 18.4. The number of likely N-dealkylation sites (tertiary alicyclic amines) is 1. The van der Waals surface area contributed by atoms with Gasteiger partial charge in [0, 0.05) is 42.4 Å². The van der Waals surface area contributed by atoms with E-state index in [1.165, 1.54) is 20.3 Å². The van der Waals surface area contributed by atoms with Crippen molar-refractivity contribution in [3.8, 4) is 17.0 Å². The highest BCUT2D eigenvalue weighted by molar-refractivity contribution is 6.33. The number of quaternary nitrogens is 1. The van der Waals surface area contributed by atoms with Crippen LogP contribution >= 0.6 is 11.6 Å².